The van der Waals surface area contributed by atoms with E-state index in [2.05, 4.69) is 46.4 Å². The van der Waals surface area contributed by atoms with Crippen LogP contribution in [0.25, 0.3) is 0 Å². The molecule has 0 aromatic carbocycles. The van der Waals surface area contributed by atoms with E-state index >= 15 is 0 Å². The van der Waals surface area contributed by atoms with Crippen molar-refractivity contribution in [1.82, 2.24) is 0 Å². The van der Waals surface area contributed by atoms with E-state index in [1.165, 1.54) is 18.4 Å². The van der Waals surface area contributed by atoms with E-state index in [-0.39, 0.29) is 0 Å². The summed E-state index contributed by atoms with van der Waals surface area (Å²) in [6.45, 7) is 12.7. The largest absolute Gasteiger partial charge is 0.0999 e. The molecule has 0 aromatic rings. The SMILES string of the molecule is C=C(C)C(C)CC(C=CC)CC. The molecule has 0 saturated heterocycles. The minimum Gasteiger partial charge on any atom is -0.0999 e. The Kier molecular flexibility index (Phi) is 5.79. The summed E-state index contributed by atoms with van der Waals surface area (Å²) >= 11 is 0. The first kappa shape index (κ1) is 11.5. The zero-order chi connectivity index (χ0) is 9.56. The van der Waals surface area contributed by atoms with Gasteiger partial charge in [-0.25, -0.2) is 0 Å². The Morgan fingerprint density at radius 2 is 2.08 bits per heavy atom. The Hall–Kier alpha value is -0.520. The summed E-state index contributed by atoms with van der Waals surface area (Å²) in [7, 11) is 0. The number of allylic oxidation sites excluding steroid dienone is 3. The van der Waals surface area contributed by atoms with Crippen molar-refractivity contribution < 1.29 is 0 Å². The highest BCUT2D eigenvalue weighted by Gasteiger charge is 2.08. The summed E-state index contributed by atoms with van der Waals surface area (Å²) in [4.78, 5) is 0. The molecular formula is C12H22. The lowest BCUT2D eigenvalue weighted by Crippen LogP contribution is -2.03. The zero-order valence-corrected chi connectivity index (χ0v) is 8.93. The molecule has 0 saturated carbocycles. The van der Waals surface area contributed by atoms with Crippen LogP contribution in [0.5, 0.6) is 0 Å². The van der Waals surface area contributed by atoms with E-state index < -0.39 is 0 Å². The van der Waals surface area contributed by atoms with Crippen LogP contribution in [0.2, 0.25) is 0 Å². The molecule has 0 aliphatic carbocycles. The molecule has 0 amide bonds. The maximum Gasteiger partial charge on any atom is -0.0231 e. The lowest BCUT2D eigenvalue weighted by molar-refractivity contribution is 0.482. The fourth-order valence-corrected chi connectivity index (χ4v) is 1.31. The van der Waals surface area contributed by atoms with Crippen LogP contribution >= 0.6 is 0 Å². The lowest BCUT2D eigenvalue weighted by Gasteiger charge is -2.16. The summed E-state index contributed by atoms with van der Waals surface area (Å²) < 4.78 is 0. The molecule has 0 rings (SSSR count). The van der Waals surface area contributed by atoms with Crippen molar-refractivity contribution in [1.29, 1.82) is 0 Å². The third kappa shape index (κ3) is 4.38. The van der Waals surface area contributed by atoms with Gasteiger partial charge in [0.25, 0.3) is 0 Å². The molecule has 0 fully saturated rings. The van der Waals surface area contributed by atoms with E-state index in [0.29, 0.717) is 5.92 Å². The predicted molar refractivity (Wildman–Crippen MR) is 57.2 cm³/mol. The molecule has 2 unspecified atom stereocenters. The Bertz CT molecular complexity index is 153. The molecule has 0 spiro atoms. The Morgan fingerprint density at radius 1 is 1.50 bits per heavy atom. The number of hydrogen-bond acceptors (Lipinski definition) is 0. The quantitative estimate of drug-likeness (QED) is 0.537. The Labute approximate surface area is 77.4 Å². The van der Waals surface area contributed by atoms with Gasteiger partial charge in [0.15, 0.2) is 0 Å². The molecule has 12 heavy (non-hydrogen) atoms. The standard InChI is InChI=1S/C12H22/c1-6-8-12(7-2)9-11(5)10(3)4/h6,8,11-12H,3,7,9H2,1-2,4-5H3. The van der Waals surface area contributed by atoms with Crippen LogP contribution in [-0.2, 0) is 0 Å². The van der Waals surface area contributed by atoms with E-state index in [1.807, 2.05) is 0 Å². The highest BCUT2D eigenvalue weighted by atomic mass is 14.1. The van der Waals surface area contributed by atoms with Crippen molar-refractivity contribution >= 4 is 0 Å². The van der Waals surface area contributed by atoms with Crippen LogP contribution in [0.1, 0.15) is 40.5 Å². The number of hydrogen-bond donors (Lipinski definition) is 0. The molecule has 0 radical (unpaired) electrons. The average Bonchev–Trinajstić information content (AvgIpc) is 2.03. The fourth-order valence-electron chi connectivity index (χ4n) is 1.31. The highest BCUT2D eigenvalue weighted by molar-refractivity contribution is 4.97. The monoisotopic (exact) mass is 166 g/mol. The second-order valence-corrected chi connectivity index (χ2v) is 3.68. The van der Waals surface area contributed by atoms with Crippen molar-refractivity contribution in [2.45, 2.75) is 40.5 Å². The van der Waals surface area contributed by atoms with E-state index in [1.54, 1.807) is 0 Å². The molecule has 0 N–H and O–H groups in total. The summed E-state index contributed by atoms with van der Waals surface area (Å²) in [6, 6.07) is 0. The summed E-state index contributed by atoms with van der Waals surface area (Å²) in [5, 5.41) is 0. The molecule has 2 atom stereocenters. The van der Waals surface area contributed by atoms with Gasteiger partial charge in [0.2, 0.25) is 0 Å². The third-order valence-corrected chi connectivity index (χ3v) is 2.49. The predicted octanol–water partition coefficient (Wildman–Crippen LogP) is 4.19. The minimum absolute atomic E-state index is 0.658. The van der Waals surface area contributed by atoms with Gasteiger partial charge in [0.05, 0.1) is 0 Å². The van der Waals surface area contributed by atoms with Crippen LogP contribution in [0.3, 0.4) is 0 Å². The van der Waals surface area contributed by atoms with Gasteiger partial charge >= 0.3 is 0 Å². The van der Waals surface area contributed by atoms with Crippen LogP contribution in [0.15, 0.2) is 24.3 Å². The van der Waals surface area contributed by atoms with Crippen LogP contribution in [0.4, 0.5) is 0 Å². The van der Waals surface area contributed by atoms with Gasteiger partial charge < -0.3 is 0 Å². The van der Waals surface area contributed by atoms with Crippen molar-refractivity contribution in [3.8, 4) is 0 Å². The molecular weight excluding hydrogens is 144 g/mol. The van der Waals surface area contributed by atoms with Crippen LogP contribution < -0.4 is 0 Å². The van der Waals surface area contributed by atoms with Crippen molar-refractivity contribution in [2.24, 2.45) is 11.8 Å². The van der Waals surface area contributed by atoms with Crippen LogP contribution in [-0.4, -0.2) is 0 Å². The maximum atomic E-state index is 3.98. The fraction of sp³-hybridized carbons (Fsp3) is 0.667. The summed E-state index contributed by atoms with van der Waals surface area (Å²) in [5.41, 5.74) is 1.30. The normalized spacial score (nSPS) is 16.3. The van der Waals surface area contributed by atoms with E-state index in [4.69, 9.17) is 0 Å². The minimum atomic E-state index is 0.658. The van der Waals surface area contributed by atoms with Gasteiger partial charge in [-0.1, -0.05) is 38.2 Å². The first-order valence-corrected chi connectivity index (χ1v) is 4.90. The second-order valence-electron chi connectivity index (χ2n) is 3.68. The van der Waals surface area contributed by atoms with Gasteiger partial charge in [-0.2, -0.15) is 0 Å². The second kappa shape index (κ2) is 6.05. The van der Waals surface area contributed by atoms with Crippen molar-refractivity contribution in [2.75, 3.05) is 0 Å². The van der Waals surface area contributed by atoms with E-state index in [9.17, 15) is 0 Å². The summed E-state index contributed by atoms with van der Waals surface area (Å²) in [6.07, 6.45) is 6.94. The maximum absolute atomic E-state index is 3.98. The van der Waals surface area contributed by atoms with Gasteiger partial charge in [0, 0.05) is 0 Å². The molecule has 0 nitrogen and oxygen atoms in total. The van der Waals surface area contributed by atoms with Crippen molar-refractivity contribution in [3.63, 3.8) is 0 Å². The molecule has 0 aromatic heterocycles. The molecule has 0 aliphatic heterocycles. The zero-order valence-electron chi connectivity index (χ0n) is 8.93. The molecule has 70 valence electrons. The molecule has 0 heterocycles. The smallest absolute Gasteiger partial charge is 0.0231 e. The summed E-state index contributed by atoms with van der Waals surface area (Å²) in [5.74, 6) is 1.40. The van der Waals surface area contributed by atoms with Gasteiger partial charge in [0.1, 0.15) is 0 Å². The van der Waals surface area contributed by atoms with E-state index in [0.717, 1.165) is 5.92 Å². The molecule has 0 aliphatic rings. The lowest BCUT2D eigenvalue weighted by atomic mass is 9.90. The van der Waals surface area contributed by atoms with Gasteiger partial charge in [-0.15, -0.1) is 0 Å². The number of rotatable bonds is 5. The first-order valence-electron chi connectivity index (χ1n) is 4.90. The highest BCUT2D eigenvalue weighted by Crippen LogP contribution is 2.21. The van der Waals surface area contributed by atoms with Crippen molar-refractivity contribution in [3.05, 3.63) is 24.3 Å². The van der Waals surface area contributed by atoms with Gasteiger partial charge in [-0.3, -0.25) is 0 Å². The van der Waals surface area contributed by atoms with Crippen LogP contribution in [0, 0.1) is 11.8 Å². The third-order valence-electron chi connectivity index (χ3n) is 2.49. The van der Waals surface area contributed by atoms with Gasteiger partial charge in [-0.05, 0) is 38.5 Å². The topological polar surface area (TPSA) is 0 Å². The molecule has 0 heteroatoms. The Morgan fingerprint density at radius 3 is 2.42 bits per heavy atom. The first-order chi connectivity index (χ1) is 5.61. The Balaban J connectivity index is 3.93. The molecule has 0 bridgehead atoms. The average molecular weight is 166 g/mol.